The Bertz CT molecular complexity index is 547. The van der Waals surface area contributed by atoms with Crippen molar-refractivity contribution >= 4 is 17.8 Å². The third-order valence-electron chi connectivity index (χ3n) is 2.77. The Morgan fingerprint density at radius 3 is 2.45 bits per heavy atom. The first-order valence-corrected chi connectivity index (χ1v) is 6.48. The number of carbonyl (C=O) groups excluding carboxylic acids is 2. The number of carboxylic acids is 1. The Labute approximate surface area is 126 Å². The average Bonchev–Trinajstić information content (AvgIpc) is 2.46. The fourth-order valence-corrected chi connectivity index (χ4v) is 1.46. The zero-order valence-electron chi connectivity index (χ0n) is 11.9. The molecule has 7 nitrogen and oxygen atoms in total. The van der Waals surface area contributed by atoms with E-state index in [4.69, 9.17) is 15.6 Å². The third-order valence-corrected chi connectivity index (χ3v) is 2.77. The number of nitrogens with one attached hydrogen (secondary N) is 1. The van der Waals surface area contributed by atoms with Crippen LogP contribution in [0, 0.1) is 5.82 Å². The number of carbonyl (C=O) groups is 3. The Morgan fingerprint density at radius 1 is 1.32 bits per heavy atom. The van der Waals surface area contributed by atoms with Gasteiger partial charge in [0.2, 0.25) is 5.91 Å². The van der Waals surface area contributed by atoms with Crippen LogP contribution in [0.3, 0.4) is 0 Å². The van der Waals surface area contributed by atoms with Crippen LogP contribution >= 0.6 is 0 Å². The summed E-state index contributed by atoms with van der Waals surface area (Å²) < 4.78 is 17.6. The molecule has 1 aromatic rings. The van der Waals surface area contributed by atoms with Crippen LogP contribution in [-0.4, -0.2) is 35.0 Å². The van der Waals surface area contributed by atoms with E-state index in [0.29, 0.717) is 5.56 Å². The van der Waals surface area contributed by atoms with Crippen LogP contribution in [0.15, 0.2) is 24.3 Å². The highest BCUT2D eigenvalue weighted by Crippen LogP contribution is 2.05. The number of esters is 1. The molecule has 1 aromatic carbocycles. The lowest BCUT2D eigenvalue weighted by Crippen LogP contribution is -2.48. The van der Waals surface area contributed by atoms with Gasteiger partial charge in [-0.1, -0.05) is 12.1 Å². The van der Waals surface area contributed by atoms with Gasteiger partial charge in [0.15, 0.2) is 0 Å². The van der Waals surface area contributed by atoms with Crippen molar-refractivity contribution in [1.29, 1.82) is 0 Å². The summed E-state index contributed by atoms with van der Waals surface area (Å²) in [5.41, 5.74) is 6.09. The Balaban J connectivity index is 2.39. The molecule has 4 N–H and O–H groups in total. The Hall–Kier alpha value is -2.48. The van der Waals surface area contributed by atoms with Gasteiger partial charge in [0, 0.05) is 0 Å². The minimum atomic E-state index is -1.21. The SMILES string of the molecule is C[C@H](NC(=O)[C@H](N)CC(=O)OCc1ccc(F)cc1)C(=O)O. The summed E-state index contributed by atoms with van der Waals surface area (Å²) in [6.07, 6.45) is -0.390. The van der Waals surface area contributed by atoms with Gasteiger partial charge in [0.1, 0.15) is 18.5 Å². The van der Waals surface area contributed by atoms with Crippen LogP contribution in [-0.2, 0) is 25.7 Å². The van der Waals surface area contributed by atoms with Gasteiger partial charge < -0.3 is 20.9 Å². The largest absolute Gasteiger partial charge is 0.480 e. The molecule has 0 saturated carbocycles. The van der Waals surface area contributed by atoms with Crippen LogP contribution in [0.5, 0.6) is 0 Å². The number of hydrogen-bond acceptors (Lipinski definition) is 5. The van der Waals surface area contributed by atoms with Crippen molar-refractivity contribution in [2.24, 2.45) is 5.73 Å². The zero-order chi connectivity index (χ0) is 16.7. The number of amides is 1. The first kappa shape index (κ1) is 17.6. The van der Waals surface area contributed by atoms with Crippen molar-refractivity contribution in [1.82, 2.24) is 5.32 Å². The lowest BCUT2D eigenvalue weighted by Gasteiger charge is -2.14. The van der Waals surface area contributed by atoms with E-state index in [1.165, 1.54) is 31.2 Å². The maximum absolute atomic E-state index is 12.7. The molecule has 8 heteroatoms. The number of halogens is 1. The highest BCUT2D eigenvalue weighted by atomic mass is 19.1. The number of carboxylic acid groups (broad SMARTS) is 1. The third kappa shape index (κ3) is 5.88. The molecule has 0 aliphatic carbocycles. The van der Waals surface area contributed by atoms with E-state index in [-0.39, 0.29) is 13.0 Å². The number of nitrogens with two attached hydrogens (primary N) is 1. The predicted octanol–water partition coefficient (Wildman–Crippen LogP) is 0.176. The van der Waals surface area contributed by atoms with E-state index >= 15 is 0 Å². The normalized spacial score (nSPS) is 13.0. The van der Waals surface area contributed by atoms with E-state index in [2.05, 4.69) is 5.32 Å². The highest BCUT2D eigenvalue weighted by molar-refractivity contribution is 5.89. The minimum Gasteiger partial charge on any atom is -0.480 e. The van der Waals surface area contributed by atoms with Crippen molar-refractivity contribution in [3.05, 3.63) is 35.6 Å². The summed E-state index contributed by atoms with van der Waals surface area (Å²) in [5, 5.41) is 10.8. The maximum Gasteiger partial charge on any atom is 0.325 e. The van der Waals surface area contributed by atoms with Gasteiger partial charge in [-0.25, -0.2) is 4.39 Å². The number of hydrogen-bond donors (Lipinski definition) is 3. The van der Waals surface area contributed by atoms with Gasteiger partial charge in [-0.15, -0.1) is 0 Å². The van der Waals surface area contributed by atoms with Gasteiger partial charge in [-0.2, -0.15) is 0 Å². The molecular formula is C14H17FN2O5. The summed E-state index contributed by atoms with van der Waals surface area (Å²) in [4.78, 5) is 33.7. The van der Waals surface area contributed by atoms with Crippen LogP contribution < -0.4 is 11.1 Å². The lowest BCUT2D eigenvalue weighted by atomic mass is 10.2. The van der Waals surface area contributed by atoms with Crippen LogP contribution in [0.1, 0.15) is 18.9 Å². The molecule has 0 aliphatic heterocycles. The second-order valence-corrected chi connectivity index (χ2v) is 4.67. The van der Waals surface area contributed by atoms with Gasteiger partial charge in [-0.05, 0) is 24.6 Å². The standard InChI is InChI=1S/C14H17FN2O5/c1-8(14(20)21)17-13(19)11(16)6-12(18)22-7-9-2-4-10(15)5-3-9/h2-5,8,11H,6-7,16H2,1H3,(H,17,19)(H,20,21)/t8-,11+/m0/s1. The molecule has 0 aliphatic rings. The van der Waals surface area contributed by atoms with Crippen LogP contribution in [0.2, 0.25) is 0 Å². The van der Waals surface area contributed by atoms with E-state index < -0.39 is 35.7 Å². The molecule has 0 aromatic heterocycles. The van der Waals surface area contributed by atoms with E-state index in [9.17, 15) is 18.8 Å². The average molecular weight is 312 g/mol. The monoisotopic (exact) mass is 312 g/mol. The second-order valence-electron chi connectivity index (χ2n) is 4.67. The molecule has 120 valence electrons. The quantitative estimate of drug-likeness (QED) is 0.618. The molecule has 0 radical (unpaired) electrons. The molecule has 2 atom stereocenters. The number of ether oxygens (including phenoxy) is 1. The van der Waals surface area contributed by atoms with Gasteiger partial charge in [0.25, 0.3) is 0 Å². The summed E-state index contributed by atoms with van der Waals surface area (Å²) in [7, 11) is 0. The smallest absolute Gasteiger partial charge is 0.325 e. The maximum atomic E-state index is 12.7. The molecule has 0 fully saturated rings. The summed E-state index contributed by atoms with van der Waals surface area (Å²) in [6, 6.07) is 3.08. The van der Waals surface area contributed by atoms with Crippen molar-refractivity contribution in [3.8, 4) is 0 Å². The predicted molar refractivity (Wildman–Crippen MR) is 74.0 cm³/mol. The molecular weight excluding hydrogens is 295 g/mol. The molecule has 0 unspecified atom stereocenters. The summed E-state index contributed by atoms with van der Waals surface area (Å²) in [6.45, 7) is 1.21. The van der Waals surface area contributed by atoms with Crippen molar-refractivity contribution < 1.29 is 28.6 Å². The molecule has 0 heterocycles. The Morgan fingerprint density at radius 2 is 1.91 bits per heavy atom. The molecule has 1 amide bonds. The first-order valence-electron chi connectivity index (χ1n) is 6.48. The minimum absolute atomic E-state index is 0.0705. The first-order chi connectivity index (χ1) is 10.3. The lowest BCUT2D eigenvalue weighted by molar-refractivity contribution is -0.147. The fourth-order valence-electron chi connectivity index (χ4n) is 1.46. The molecule has 22 heavy (non-hydrogen) atoms. The van der Waals surface area contributed by atoms with Crippen LogP contribution in [0.25, 0.3) is 0 Å². The van der Waals surface area contributed by atoms with Gasteiger partial charge in [0.05, 0.1) is 12.5 Å². The summed E-state index contributed by atoms with van der Waals surface area (Å²) >= 11 is 0. The van der Waals surface area contributed by atoms with Gasteiger partial charge in [-0.3, -0.25) is 14.4 Å². The zero-order valence-corrected chi connectivity index (χ0v) is 11.9. The van der Waals surface area contributed by atoms with Crippen molar-refractivity contribution in [2.45, 2.75) is 32.0 Å². The van der Waals surface area contributed by atoms with E-state index in [1.54, 1.807) is 0 Å². The van der Waals surface area contributed by atoms with Crippen molar-refractivity contribution in [2.75, 3.05) is 0 Å². The van der Waals surface area contributed by atoms with Crippen molar-refractivity contribution in [3.63, 3.8) is 0 Å². The molecule has 0 bridgehead atoms. The molecule has 0 saturated heterocycles. The summed E-state index contributed by atoms with van der Waals surface area (Å²) in [5.74, 6) is -3.08. The van der Waals surface area contributed by atoms with Gasteiger partial charge >= 0.3 is 11.9 Å². The van der Waals surface area contributed by atoms with Crippen LogP contribution in [0.4, 0.5) is 4.39 Å². The van der Waals surface area contributed by atoms with E-state index in [0.717, 1.165) is 0 Å². The molecule has 0 spiro atoms. The number of aliphatic carboxylic acids is 1. The van der Waals surface area contributed by atoms with E-state index in [1.807, 2.05) is 0 Å². The molecule has 1 rings (SSSR count). The second kappa shape index (κ2) is 8.08. The highest BCUT2D eigenvalue weighted by Gasteiger charge is 2.22. The number of rotatable bonds is 7. The number of benzene rings is 1. The Kier molecular flexibility index (Phi) is 6.46. The topological polar surface area (TPSA) is 119 Å². The fraction of sp³-hybridized carbons (Fsp3) is 0.357.